The Labute approximate surface area is 210 Å². The first kappa shape index (κ1) is 23.5. The summed E-state index contributed by atoms with van der Waals surface area (Å²) in [7, 11) is 0. The molecule has 0 atom stereocenters. The molecule has 0 N–H and O–H groups in total. The standard InChI is InChI=1S/C29H30N6O/c1-4-5-11-25-19-34(28-21(2)9-8-10-22(28)3)29(36)33(25)18-23-14-16-24(17-15-23)26-12-6-7-13-27(26)35-20-30-31-32-35/h6-10,12-17,19-20H,4-5,11,18H2,1-3H3. The van der Waals surface area contributed by atoms with Gasteiger partial charge in [0.05, 0.1) is 17.9 Å². The molecule has 5 aromatic rings. The van der Waals surface area contributed by atoms with E-state index in [1.807, 2.05) is 39.6 Å². The van der Waals surface area contributed by atoms with Gasteiger partial charge in [0.25, 0.3) is 0 Å². The van der Waals surface area contributed by atoms with Crippen LogP contribution in [0.3, 0.4) is 0 Å². The van der Waals surface area contributed by atoms with Crippen molar-refractivity contribution in [2.45, 2.75) is 46.6 Å². The molecule has 36 heavy (non-hydrogen) atoms. The molecule has 0 saturated carbocycles. The Morgan fingerprint density at radius 2 is 1.64 bits per heavy atom. The van der Waals surface area contributed by atoms with E-state index in [1.54, 1.807) is 11.0 Å². The summed E-state index contributed by atoms with van der Waals surface area (Å²) in [6, 6.07) is 22.6. The minimum atomic E-state index is 0.00612. The number of imidazole rings is 1. The molecule has 2 heterocycles. The van der Waals surface area contributed by atoms with Gasteiger partial charge in [-0.2, -0.15) is 4.68 Å². The van der Waals surface area contributed by atoms with E-state index < -0.39 is 0 Å². The van der Waals surface area contributed by atoms with Crippen molar-refractivity contribution in [2.75, 3.05) is 0 Å². The number of rotatable bonds is 8. The van der Waals surface area contributed by atoms with Gasteiger partial charge in [0.1, 0.15) is 6.33 Å². The maximum atomic E-state index is 13.6. The minimum Gasteiger partial charge on any atom is -0.292 e. The quantitative estimate of drug-likeness (QED) is 0.304. The number of hydrogen-bond donors (Lipinski definition) is 0. The van der Waals surface area contributed by atoms with E-state index in [2.05, 4.69) is 78.8 Å². The molecule has 0 fully saturated rings. The number of para-hydroxylation sites is 2. The summed E-state index contributed by atoms with van der Waals surface area (Å²) in [5.74, 6) is 0. The number of hydrogen-bond acceptors (Lipinski definition) is 4. The molecule has 3 aromatic carbocycles. The predicted octanol–water partition coefficient (Wildman–Crippen LogP) is 5.29. The van der Waals surface area contributed by atoms with Gasteiger partial charge >= 0.3 is 5.69 Å². The number of benzene rings is 3. The number of unbranched alkanes of at least 4 members (excludes halogenated alkanes) is 1. The molecule has 7 nitrogen and oxygen atoms in total. The van der Waals surface area contributed by atoms with Crippen LogP contribution in [0.15, 0.2) is 84.0 Å². The molecule has 0 bridgehead atoms. The van der Waals surface area contributed by atoms with E-state index in [-0.39, 0.29) is 5.69 Å². The van der Waals surface area contributed by atoms with Gasteiger partial charge in [-0.25, -0.2) is 4.79 Å². The molecule has 5 rings (SSSR count). The van der Waals surface area contributed by atoms with Crippen LogP contribution in [0.5, 0.6) is 0 Å². The number of tetrazole rings is 1. The number of aromatic nitrogens is 6. The molecule has 0 unspecified atom stereocenters. The first-order valence-electron chi connectivity index (χ1n) is 12.4. The van der Waals surface area contributed by atoms with E-state index in [0.29, 0.717) is 6.54 Å². The third-order valence-electron chi connectivity index (χ3n) is 6.63. The van der Waals surface area contributed by atoms with Crippen molar-refractivity contribution >= 4 is 0 Å². The maximum Gasteiger partial charge on any atom is 0.333 e. The number of aryl methyl sites for hydroxylation is 3. The largest absolute Gasteiger partial charge is 0.333 e. The predicted molar refractivity (Wildman–Crippen MR) is 142 cm³/mol. The van der Waals surface area contributed by atoms with Crippen LogP contribution < -0.4 is 5.69 Å². The van der Waals surface area contributed by atoms with Crippen molar-refractivity contribution in [1.29, 1.82) is 0 Å². The van der Waals surface area contributed by atoms with Crippen molar-refractivity contribution in [3.8, 4) is 22.5 Å². The van der Waals surface area contributed by atoms with Crippen LogP contribution >= 0.6 is 0 Å². The molecule has 0 saturated heterocycles. The van der Waals surface area contributed by atoms with E-state index >= 15 is 0 Å². The van der Waals surface area contributed by atoms with Crippen LogP contribution in [0.2, 0.25) is 0 Å². The lowest BCUT2D eigenvalue weighted by molar-refractivity contribution is 0.673. The normalized spacial score (nSPS) is 11.2. The van der Waals surface area contributed by atoms with E-state index in [0.717, 1.165) is 64.1 Å². The monoisotopic (exact) mass is 478 g/mol. The maximum absolute atomic E-state index is 13.6. The molecular weight excluding hydrogens is 448 g/mol. The third kappa shape index (κ3) is 4.52. The Morgan fingerprint density at radius 1 is 0.889 bits per heavy atom. The first-order valence-corrected chi connectivity index (χ1v) is 12.4. The van der Waals surface area contributed by atoms with Crippen LogP contribution in [0.25, 0.3) is 22.5 Å². The highest BCUT2D eigenvalue weighted by atomic mass is 16.1. The second kappa shape index (κ2) is 10.2. The Morgan fingerprint density at radius 3 is 2.33 bits per heavy atom. The highest BCUT2D eigenvalue weighted by Gasteiger charge is 2.16. The molecule has 0 amide bonds. The van der Waals surface area contributed by atoms with Crippen molar-refractivity contribution in [1.82, 2.24) is 29.3 Å². The van der Waals surface area contributed by atoms with Gasteiger partial charge in [0, 0.05) is 17.5 Å². The lowest BCUT2D eigenvalue weighted by atomic mass is 10.0. The molecular formula is C29H30N6O. The van der Waals surface area contributed by atoms with E-state index in [4.69, 9.17) is 0 Å². The van der Waals surface area contributed by atoms with Crippen LogP contribution in [-0.4, -0.2) is 29.3 Å². The van der Waals surface area contributed by atoms with Crippen LogP contribution in [0.4, 0.5) is 0 Å². The van der Waals surface area contributed by atoms with E-state index in [9.17, 15) is 4.79 Å². The second-order valence-electron chi connectivity index (χ2n) is 9.17. The summed E-state index contributed by atoms with van der Waals surface area (Å²) in [5.41, 5.74) is 8.35. The van der Waals surface area contributed by atoms with Crippen molar-refractivity contribution in [2.24, 2.45) is 0 Å². The third-order valence-corrected chi connectivity index (χ3v) is 6.63. The Hall–Kier alpha value is -4.26. The van der Waals surface area contributed by atoms with Crippen LogP contribution in [0.1, 0.15) is 42.1 Å². The lowest BCUT2D eigenvalue weighted by Crippen LogP contribution is -2.25. The van der Waals surface area contributed by atoms with Gasteiger partial charge < -0.3 is 0 Å². The van der Waals surface area contributed by atoms with Gasteiger partial charge in [-0.15, -0.1) is 5.10 Å². The van der Waals surface area contributed by atoms with Gasteiger partial charge in [-0.3, -0.25) is 9.13 Å². The van der Waals surface area contributed by atoms with Gasteiger partial charge in [-0.05, 0) is 65.4 Å². The second-order valence-corrected chi connectivity index (χ2v) is 9.17. The summed E-state index contributed by atoms with van der Waals surface area (Å²) < 4.78 is 5.41. The Balaban J connectivity index is 1.49. The smallest absolute Gasteiger partial charge is 0.292 e. The van der Waals surface area contributed by atoms with Gasteiger partial charge in [0.2, 0.25) is 0 Å². The van der Waals surface area contributed by atoms with Crippen molar-refractivity contribution in [3.05, 3.63) is 112 Å². The summed E-state index contributed by atoms with van der Waals surface area (Å²) in [4.78, 5) is 13.6. The molecule has 7 heteroatoms. The molecule has 182 valence electrons. The molecule has 0 spiro atoms. The van der Waals surface area contributed by atoms with Crippen LogP contribution in [-0.2, 0) is 13.0 Å². The minimum absolute atomic E-state index is 0.00612. The van der Waals surface area contributed by atoms with Crippen molar-refractivity contribution < 1.29 is 0 Å². The molecule has 0 aliphatic carbocycles. The average molecular weight is 479 g/mol. The topological polar surface area (TPSA) is 70.5 Å². The fourth-order valence-electron chi connectivity index (χ4n) is 4.76. The summed E-state index contributed by atoms with van der Waals surface area (Å²) in [6.07, 6.45) is 6.63. The van der Waals surface area contributed by atoms with Gasteiger partial charge in [-0.1, -0.05) is 74.0 Å². The van der Waals surface area contributed by atoms with E-state index in [1.165, 1.54) is 0 Å². The highest BCUT2D eigenvalue weighted by Crippen LogP contribution is 2.26. The Bertz CT molecular complexity index is 1510. The lowest BCUT2D eigenvalue weighted by Gasteiger charge is -2.11. The first-order chi connectivity index (χ1) is 17.6. The van der Waals surface area contributed by atoms with Crippen molar-refractivity contribution in [3.63, 3.8) is 0 Å². The van der Waals surface area contributed by atoms with Crippen LogP contribution in [0, 0.1) is 13.8 Å². The highest BCUT2D eigenvalue weighted by molar-refractivity contribution is 5.72. The molecule has 2 aromatic heterocycles. The summed E-state index contributed by atoms with van der Waals surface area (Å²) >= 11 is 0. The zero-order valence-corrected chi connectivity index (χ0v) is 20.9. The summed E-state index contributed by atoms with van der Waals surface area (Å²) in [6.45, 7) is 6.83. The Kier molecular flexibility index (Phi) is 6.62. The molecule has 0 aliphatic heterocycles. The number of nitrogens with zero attached hydrogens (tertiary/aromatic N) is 6. The summed E-state index contributed by atoms with van der Waals surface area (Å²) in [5, 5.41) is 11.6. The SMILES string of the molecule is CCCCc1cn(-c2c(C)cccc2C)c(=O)n1Cc1ccc(-c2ccccc2-n2cnnn2)cc1. The fraction of sp³-hybridized carbons (Fsp3) is 0.241. The zero-order chi connectivity index (χ0) is 25.1. The zero-order valence-electron chi connectivity index (χ0n) is 20.9. The molecule has 0 aliphatic rings. The van der Waals surface area contributed by atoms with Gasteiger partial charge in [0.15, 0.2) is 0 Å². The fourth-order valence-corrected chi connectivity index (χ4v) is 4.76. The average Bonchev–Trinajstić information content (AvgIpc) is 3.53. The molecule has 0 radical (unpaired) electrons.